The molecule has 2 aromatic carbocycles. The molecular weight excluding hydrogens is 398 g/mol. The maximum atomic E-state index is 10.1. The highest BCUT2D eigenvalue weighted by Crippen LogP contribution is 2.55. The summed E-state index contributed by atoms with van der Waals surface area (Å²) in [6.45, 7) is 19.7. The van der Waals surface area contributed by atoms with Crippen molar-refractivity contribution in [3.63, 3.8) is 0 Å². The Morgan fingerprint density at radius 2 is 1.66 bits per heavy atom. The smallest absolute Gasteiger partial charge is 0.213 e. The summed E-state index contributed by atoms with van der Waals surface area (Å²) in [5.41, 5.74) is 1.85. The lowest BCUT2D eigenvalue weighted by molar-refractivity contribution is 0.0441. The van der Waals surface area contributed by atoms with Crippen molar-refractivity contribution in [1.29, 1.82) is 15.8 Å². The van der Waals surface area contributed by atoms with Gasteiger partial charge in [0, 0.05) is 17.4 Å². The summed E-state index contributed by atoms with van der Waals surface area (Å²) in [4.78, 5) is 7.10. The zero-order valence-electron chi connectivity index (χ0n) is 17.8. The summed E-state index contributed by atoms with van der Waals surface area (Å²) >= 11 is 0. The van der Waals surface area contributed by atoms with Crippen LogP contribution in [0.5, 0.6) is 5.75 Å². The van der Waals surface area contributed by atoms with Crippen molar-refractivity contribution in [3.05, 3.63) is 74.4 Å². The third-order valence-corrected chi connectivity index (χ3v) is 6.67. The number of aryl methyl sites for hydroxylation is 1. The first-order valence-electron chi connectivity index (χ1n) is 10.4. The predicted octanol–water partition coefficient (Wildman–Crippen LogP) is 6.04. The Morgan fingerprint density at radius 1 is 0.969 bits per heavy atom. The van der Waals surface area contributed by atoms with Gasteiger partial charge in [-0.3, -0.25) is 0 Å². The molecule has 1 heterocycles. The molecule has 1 fully saturated rings. The molecular formula is C26H19N5O. The fourth-order valence-corrected chi connectivity index (χ4v) is 5.24. The molecule has 32 heavy (non-hydrogen) atoms. The first kappa shape index (κ1) is 20.9. The molecule has 2 aliphatic rings. The zero-order valence-corrected chi connectivity index (χ0v) is 17.8. The van der Waals surface area contributed by atoms with Crippen molar-refractivity contribution in [2.24, 2.45) is 11.8 Å². The number of rotatable bonds is 1. The molecule has 4 unspecified atom stereocenters. The van der Waals surface area contributed by atoms with Crippen molar-refractivity contribution < 1.29 is 4.74 Å². The average Bonchev–Trinajstić information content (AvgIpc) is 2.80. The van der Waals surface area contributed by atoms with Crippen LogP contribution in [-0.2, 0) is 0 Å². The second-order valence-corrected chi connectivity index (χ2v) is 8.55. The van der Waals surface area contributed by atoms with Crippen LogP contribution in [0.2, 0.25) is 0 Å². The normalized spacial score (nSPS) is 23.0. The Balaban J connectivity index is 2.12. The summed E-state index contributed by atoms with van der Waals surface area (Å²) in [5, 5.41) is 29.5. The topological polar surface area (TPSA) is 89.3 Å². The van der Waals surface area contributed by atoms with Crippen LogP contribution in [0, 0.1) is 65.9 Å². The van der Waals surface area contributed by atoms with Crippen LogP contribution in [-0.4, -0.2) is 6.10 Å². The Morgan fingerprint density at radius 3 is 2.28 bits per heavy atom. The third kappa shape index (κ3) is 3.05. The molecule has 0 spiro atoms. The molecule has 0 amide bonds. The van der Waals surface area contributed by atoms with Crippen LogP contribution in [0.3, 0.4) is 0 Å². The fraction of sp³-hybridized carbons (Fsp3) is 0.346. The number of hydrogen-bond donors (Lipinski definition) is 0. The van der Waals surface area contributed by atoms with Gasteiger partial charge in [0.2, 0.25) is 11.4 Å². The summed E-state index contributed by atoms with van der Waals surface area (Å²) in [5.74, 6) is 0.855. The highest BCUT2D eigenvalue weighted by molar-refractivity contribution is 5.87. The standard InChI is InChI=1S/C26H19N5O/c1-14-5-7-16-21(9-14)32-22-10-15(2)6-8-17(22)23(16)24-19(12-28)18(11-27)20(13-29)25(30-3)26(24)31-4/h5,7,9,15,17,22-23H,6,8,10H2,1-2H3. The second-order valence-electron chi connectivity index (χ2n) is 8.55. The van der Waals surface area contributed by atoms with Gasteiger partial charge in [0.25, 0.3) is 0 Å². The zero-order chi connectivity index (χ0) is 23.0. The van der Waals surface area contributed by atoms with Crippen molar-refractivity contribution >= 4 is 11.4 Å². The van der Waals surface area contributed by atoms with Crippen LogP contribution in [0.25, 0.3) is 9.69 Å². The largest absolute Gasteiger partial charge is 0.490 e. The summed E-state index contributed by atoms with van der Waals surface area (Å²) in [6, 6.07) is 11.8. The van der Waals surface area contributed by atoms with Gasteiger partial charge in [0.05, 0.1) is 42.0 Å². The Hall–Kier alpha value is -4.31. The molecule has 1 aliphatic carbocycles. The average molecular weight is 417 g/mol. The van der Waals surface area contributed by atoms with Gasteiger partial charge in [-0.1, -0.05) is 25.5 Å². The van der Waals surface area contributed by atoms with E-state index in [0.29, 0.717) is 11.5 Å². The van der Waals surface area contributed by atoms with Crippen LogP contribution in [0.1, 0.15) is 65.5 Å². The molecule has 6 nitrogen and oxygen atoms in total. The third-order valence-electron chi connectivity index (χ3n) is 6.67. The number of fused-ring (bicyclic) bond motifs is 2. The van der Waals surface area contributed by atoms with Gasteiger partial charge in [-0.2, -0.15) is 15.8 Å². The highest BCUT2D eigenvalue weighted by atomic mass is 16.5. The first-order valence-corrected chi connectivity index (χ1v) is 10.4. The van der Waals surface area contributed by atoms with Crippen molar-refractivity contribution in [3.8, 4) is 24.0 Å². The summed E-state index contributed by atoms with van der Waals surface area (Å²) in [7, 11) is 0. The van der Waals surface area contributed by atoms with E-state index < -0.39 is 0 Å². The van der Waals surface area contributed by atoms with E-state index in [-0.39, 0.29) is 46.0 Å². The van der Waals surface area contributed by atoms with E-state index in [1.165, 1.54) is 0 Å². The minimum absolute atomic E-state index is 0.00268. The van der Waals surface area contributed by atoms with E-state index >= 15 is 0 Å². The summed E-state index contributed by atoms with van der Waals surface area (Å²) in [6.07, 6.45) is 2.62. The van der Waals surface area contributed by atoms with Crippen LogP contribution >= 0.6 is 0 Å². The SMILES string of the molecule is [C-]#[N+]c1c(C#N)c(C#N)c(C#N)c(C2c3ccc(C)cc3OC3CC(C)CCC32)c1[N+]#[C-]. The minimum atomic E-state index is -0.365. The monoisotopic (exact) mass is 417 g/mol. The molecule has 1 aliphatic heterocycles. The van der Waals surface area contributed by atoms with Gasteiger partial charge in [0.15, 0.2) is 0 Å². The second kappa shape index (κ2) is 8.08. The summed E-state index contributed by atoms with van der Waals surface area (Å²) < 4.78 is 6.41. The predicted molar refractivity (Wildman–Crippen MR) is 117 cm³/mol. The van der Waals surface area contributed by atoms with Crippen molar-refractivity contribution in [2.45, 2.75) is 45.1 Å². The van der Waals surface area contributed by atoms with Gasteiger partial charge < -0.3 is 4.74 Å². The lowest BCUT2D eigenvalue weighted by Crippen LogP contribution is -2.41. The molecule has 1 saturated carbocycles. The number of hydrogen-bond acceptors (Lipinski definition) is 4. The highest BCUT2D eigenvalue weighted by Gasteiger charge is 2.44. The molecule has 0 saturated heterocycles. The van der Waals surface area contributed by atoms with Gasteiger partial charge in [-0.25, -0.2) is 9.69 Å². The lowest BCUT2D eigenvalue weighted by atomic mass is 9.66. The van der Waals surface area contributed by atoms with E-state index in [9.17, 15) is 15.8 Å². The molecule has 0 radical (unpaired) electrons. The Kier molecular flexibility index (Phi) is 5.29. The van der Waals surface area contributed by atoms with Gasteiger partial charge in [-0.05, 0) is 42.9 Å². The van der Waals surface area contributed by atoms with E-state index in [1.54, 1.807) is 0 Å². The van der Waals surface area contributed by atoms with Crippen molar-refractivity contribution in [2.75, 3.05) is 0 Å². The number of benzene rings is 2. The van der Waals surface area contributed by atoms with Gasteiger partial charge >= 0.3 is 0 Å². The van der Waals surface area contributed by atoms with Crippen LogP contribution in [0.4, 0.5) is 11.4 Å². The molecule has 6 heteroatoms. The fourth-order valence-electron chi connectivity index (χ4n) is 5.24. The van der Waals surface area contributed by atoms with E-state index in [0.717, 1.165) is 36.1 Å². The number of nitriles is 3. The molecule has 4 atom stereocenters. The molecule has 0 aromatic heterocycles. The number of nitrogens with zero attached hydrogens (tertiary/aromatic N) is 5. The quantitative estimate of drug-likeness (QED) is 0.529. The first-order chi connectivity index (χ1) is 15.5. The maximum absolute atomic E-state index is 10.1. The Labute approximate surface area is 187 Å². The maximum Gasteiger partial charge on any atom is 0.213 e. The molecule has 2 aromatic rings. The molecule has 4 rings (SSSR count). The van der Waals surface area contributed by atoms with Gasteiger partial charge in [-0.15, -0.1) is 0 Å². The Bertz CT molecular complexity index is 1290. The van der Waals surface area contributed by atoms with E-state index in [4.69, 9.17) is 17.9 Å². The van der Waals surface area contributed by atoms with Crippen molar-refractivity contribution in [1.82, 2.24) is 0 Å². The minimum Gasteiger partial charge on any atom is -0.490 e. The van der Waals surface area contributed by atoms with E-state index in [2.05, 4.69) is 22.7 Å². The van der Waals surface area contributed by atoms with Crippen LogP contribution < -0.4 is 4.74 Å². The molecule has 154 valence electrons. The van der Waals surface area contributed by atoms with Crippen LogP contribution in [0.15, 0.2) is 18.2 Å². The van der Waals surface area contributed by atoms with Gasteiger partial charge in [0.1, 0.15) is 17.9 Å². The molecule has 0 bridgehead atoms. The molecule has 0 N–H and O–H groups in total. The number of ether oxygens (including phenoxy) is 1. The van der Waals surface area contributed by atoms with E-state index in [1.807, 2.05) is 37.3 Å². The lowest BCUT2D eigenvalue weighted by Gasteiger charge is -2.45.